The highest BCUT2D eigenvalue weighted by Crippen LogP contribution is 1.97. The summed E-state index contributed by atoms with van der Waals surface area (Å²) in [6.07, 6.45) is 1.25. The van der Waals surface area contributed by atoms with E-state index in [-0.39, 0.29) is 29.9 Å². The molecule has 1 aromatic rings. The normalized spacial score (nSPS) is 10.8. The number of methoxy groups -OCH3 is 1. The fourth-order valence-electron chi connectivity index (χ4n) is 2.12. The van der Waals surface area contributed by atoms with Crippen LogP contribution in [-0.4, -0.2) is 58.4 Å². The molecule has 0 unspecified atom stereocenters. The van der Waals surface area contributed by atoms with Crippen LogP contribution in [0, 0.1) is 0 Å². The standard InChI is InChI=1S/C19H32N4O3.HI/c1-3-20-19(21-11-7-13-26-15-14-25-2)22-12-10-18(24)23-16-17-8-5-4-6-9-17;/h4-6,8-9H,3,7,10-16H2,1-2H3,(H,23,24)(H2,20,21,22);1H. The Morgan fingerprint density at radius 3 is 2.56 bits per heavy atom. The molecule has 0 aliphatic heterocycles. The molecule has 0 aliphatic carbocycles. The van der Waals surface area contributed by atoms with E-state index in [0.717, 1.165) is 24.5 Å². The van der Waals surface area contributed by atoms with Crippen molar-refractivity contribution < 1.29 is 14.3 Å². The molecule has 0 saturated heterocycles. The van der Waals surface area contributed by atoms with Gasteiger partial charge < -0.3 is 25.4 Å². The van der Waals surface area contributed by atoms with Gasteiger partial charge in [-0.3, -0.25) is 9.79 Å². The molecule has 1 rings (SSSR count). The van der Waals surface area contributed by atoms with Crippen LogP contribution in [0.15, 0.2) is 35.3 Å². The number of rotatable bonds is 13. The van der Waals surface area contributed by atoms with Gasteiger partial charge in [-0.05, 0) is 18.9 Å². The Balaban J connectivity index is 0.00000676. The van der Waals surface area contributed by atoms with Crippen molar-refractivity contribution in [2.75, 3.05) is 46.6 Å². The molecular weight excluding hydrogens is 459 g/mol. The number of hydrogen-bond acceptors (Lipinski definition) is 4. The number of carbonyl (C=O) groups excluding carboxylic acids is 1. The highest BCUT2D eigenvalue weighted by Gasteiger charge is 2.02. The summed E-state index contributed by atoms with van der Waals surface area (Å²) in [5.41, 5.74) is 1.09. The second-order valence-corrected chi connectivity index (χ2v) is 5.66. The second kappa shape index (κ2) is 18.0. The highest BCUT2D eigenvalue weighted by molar-refractivity contribution is 14.0. The molecule has 0 aromatic heterocycles. The lowest BCUT2D eigenvalue weighted by Crippen LogP contribution is -2.39. The maximum absolute atomic E-state index is 11.9. The first kappa shape index (κ1) is 25.6. The molecule has 7 nitrogen and oxygen atoms in total. The molecule has 0 atom stereocenters. The average molecular weight is 492 g/mol. The number of nitrogens with zero attached hydrogens (tertiary/aromatic N) is 1. The van der Waals surface area contributed by atoms with Crippen LogP contribution in [0.1, 0.15) is 25.3 Å². The molecule has 154 valence electrons. The number of carbonyl (C=O) groups is 1. The molecule has 0 radical (unpaired) electrons. The second-order valence-electron chi connectivity index (χ2n) is 5.66. The van der Waals surface area contributed by atoms with Crippen molar-refractivity contribution >= 4 is 35.8 Å². The van der Waals surface area contributed by atoms with Gasteiger partial charge in [-0.2, -0.15) is 0 Å². The third kappa shape index (κ3) is 14.3. The van der Waals surface area contributed by atoms with E-state index < -0.39 is 0 Å². The van der Waals surface area contributed by atoms with E-state index in [2.05, 4.69) is 20.9 Å². The molecule has 1 aromatic carbocycles. The minimum Gasteiger partial charge on any atom is -0.382 e. The van der Waals surface area contributed by atoms with Crippen molar-refractivity contribution in [1.82, 2.24) is 16.0 Å². The van der Waals surface area contributed by atoms with Crippen molar-refractivity contribution in [2.45, 2.75) is 26.3 Å². The van der Waals surface area contributed by atoms with Crippen LogP contribution in [-0.2, 0) is 20.8 Å². The molecular formula is C19H33IN4O3. The van der Waals surface area contributed by atoms with Crippen LogP contribution in [0.2, 0.25) is 0 Å². The van der Waals surface area contributed by atoms with Crippen molar-refractivity contribution in [3.8, 4) is 0 Å². The first-order valence-corrected chi connectivity index (χ1v) is 9.15. The maximum Gasteiger partial charge on any atom is 0.222 e. The van der Waals surface area contributed by atoms with E-state index >= 15 is 0 Å². The topological polar surface area (TPSA) is 84.0 Å². The predicted octanol–water partition coefficient (Wildman–Crippen LogP) is 1.92. The molecule has 3 N–H and O–H groups in total. The lowest BCUT2D eigenvalue weighted by molar-refractivity contribution is -0.121. The maximum atomic E-state index is 11.9. The molecule has 0 spiro atoms. The predicted molar refractivity (Wildman–Crippen MR) is 120 cm³/mol. The Morgan fingerprint density at radius 1 is 1.07 bits per heavy atom. The highest BCUT2D eigenvalue weighted by atomic mass is 127. The van der Waals surface area contributed by atoms with E-state index in [9.17, 15) is 4.79 Å². The lowest BCUT2D eigenvalue weighted by atomic mass is 10.2. The van der Waals surface area contributed by atoms with Gasteiger partial charge in [0.15, 0.2) is 5.96 Å². The summed E-state index contributed by atoms with van der Waals surface area (Å²) in [5.74, 6) is 0.740. The summed E-state index contributed by atoms with van der Waals surface area (Å²) in [6, 6.07) is 9.87. The molecule has 0 heterocycles. The van der Waals surface area contributed by atoms with E-state index in [1.807, 2.05) is 37.3 Å². The van der Waals surface area contributed by atoms with Gasteiger partial charge in [0.25, 0.3) is 0 Å². The van der Waals surface area contributed by atoms with Crippen molar-refractivity contribution in [2.24, 2.45) is 4.99 Å². The molecule has 0 bridgehead atoms. The fourth-order valence-corrected chi connectivity index (χ4v) is 2.12. The first-order chi connectivity index (χ1) is 12.8. The summed E-state index contributed by atoms with van der Waals surface area (Å²) in [5, 5.41) is 9.27. The fraction of sp³-hybridized carbons (Fsp3) is 0.579. The van der Waals surface area contributed by atoms with Crippen LogP contribution < -0.4 is 16.0 Å². The molecule has 0 saturated carbocycles. The Labute approximate surface area is 179 Å². The molecule has 0 aliphatic rings. The molecule has 1 amide bonds. The number of nitrogens with one attached hydrogen (secondary N) is 3. The van der Waals surface area contributed by atoms with E-state index in [0.29, 0.717) is 45.9 Å². The van der Waals surface area contributed by atoms with Gasteiger partial charge in [0.1, 0.15) is 0 Å². The summed E-state index contributed by atoms with van der Waals surface area (Å²) in [6.45, 7) is 6.43. The summed E-state index contributed by atoms with van der Waals surface area (Å²) in [7, 11) is 1.66. The van der Waals surface area contributed by atoms with Crippen molar-refractivity contribution in [1.29, 1.82) is 0 Å². The number of ether oxygens (including phenoxy) is 2. The van der Waals surface area contributed by atoms with Crippen LogP contribution in [0.25, 0.3) is 0 Å². The lowest BCUT2D eigenvalue weighted by Gasteiger charge is -2.11. The third-order valence-corrected chi connectivity index (χ3v) is 3.47. The third-order valence-electron chi connectivity index (χ3n) is 3.47. The first-order valence-electron chi connectivity index (χ1n) is 9.15. The van der Waals surface area contributed by atoms with Gasteiger partial charge >= 0.3 is 0 Å². The Morgan fingerprint density at radius 2 is 1.85 bits per heavy atom. The number of hydrogen-bond donors (Lipinski definition) is 3. The molecule has 8 heteroatoms. The van der Waals surface area contributed by atoms with Crippen LogP contribution in [0.4, 0.5) is 0 Å². The van der Waals surface area contributed by atoms with E-state index in [1.165, 1.54) is 0 Å². The van der Waals surface area contributed by atoms with Gasteiger partial charge in [0, 0.05) is 46.3 Å². The smallest absolute Gasteiger partial charge is 0.222 e. The Hall–Kier alpha value is -1.39. The number of benzene rings is 1. The molecule has 0 fully saturated rings. The van der Waals surface area contributed by atoms with Gasteiger partial charge in [-0.25, -0.2) is 0 Å². The number of halogens is 1. The molecule has 27 heavy (non-hydrogen) atoms. The minimum atomic E-state index is 0. The SMILES string of the molecule is CCNC(=NCCCOCCOC)NCCC(=O)NCc1ccccc1.I. The van der Waals surface area contributed by atoms with E-state index in [4.69, 9.17) is 9.47 Å². The van der Waals surface area contributed by atoms with E-state index in [1.54, 1.807) is 7.11 Å². The number of guanidine groups is 1. The minimum absolute atomic E-state index is 0. The monoisotopic (exact) mass is 492 g/mol. The summed E-state index contributed by atoms with van der Waals surface area (Å²) >= 11 is 0. The number of amides is 1. The number of aliphatic imine (C=N–C) groups is 1. The van der Waals surface area contributed by atoms with Gasteiger partial charge in [-0.15, -0.1) is 24.0 Å². The van der Waals surface area contributed by atoms with Crippen LogP contribution >= 0.6 is 24.0 Å². The average Bonchev–Trinajstić information content (AvgIpc) is 2.66. The summed E-state index contributed by atoms with van der Waals surface area (Å²) < 4.78 is 10.3. The zero-order valence-electron chi connectivity index (χ0n) is 16.3. The largest absolute Gasteiger partial charge is 0.382 e. The Kier molecular flexibility index (Phi) is 17.1. The van der Waals surface area contributed by atoms with Crippen molar-refractivity contribution in [3.05, 3.63) is 35.9 Å². The van der Waals surface area contributed by atoms with Gasteiger partial charge in [0.2, 0.25) is 5.91 Å². The van der Waals surface area contributed by atoms with Crippen LogP contribution in [0.5, 0.6) is 0 Å². The van der Waals surface area contributed by atoms with Gasteiger partial charge in [-0.1, -0.05) is 30.3 Å². The Bertz CT molecular complexity index is 515. The zero-order valence-corrected chi connectivity index (χ0v) is 18.7. The van der Waals surface area contributed by atoms with Crippen molar-refractivity contribution in [3.63, 3.8) is 0 Å². The quantitative estimate of drug-likeness (QED) is 0.170. The van der Waals surface area contributed by atoms with Crippen LogP contribution in [0.3, 0.4) is 0 Å². The summed E-state index contributed by atoms with van der Waals surface area (Å²) in [4.78, 5) is 16.4. The zero-order chi connectivity index (χ0) is 18.9. The van der Waals surface area contributed by atoms with Gasteiger partial charge in [0.05, 0.1) is 13.2 Å².